The summed E-state index contributed by atoms with van der Waals surface area (Å²) in [5, 5.41) is 6.89. The SMILES string of the molecule is Cc1cc(NC(=O)CCc2ncc(-c3ccc(F)cc3F)o2)n(C)n1. The van der Waals surface area contributed by atoms with Gasteiger partial charge < -0.3 is 9.73 Å². The summed E-state index contributed by atoms with van der Waals surface area (Å²) < 4.78 is 33.7. The zero-order valence-electron chi connectivity index (χ0n) is 13.7. The number of halogens is 2. The molecule has 0 spiro atoms. The number of nitrogens with one attached hydrogen (secondary N) is 1. The minimum Gasteiger partial charge on any atom is -0.441 e. The maximum Gasteiger partial charge on any atom is 0.226 e. The monoisotopic (exact) mass is 346 g/mol. The number of hydrogen-bond donors (Lipinski definition) is 1. The zero-order chi connectivity index (χ0) is 18.0. The largest absolute Gasteiger partial charge is 0.441 e. The van der Waals surface area contributed by atoms with Crippen LogP contribution in [0.3, 0.4) is 0 Å². The van der Waals surface area contributed by atoms with E-state index in [0.717, 1.165) is 17.8 Å². The van der Waals surface area contributed by atoms with Crippen molar-refractivity contribution < 1.29 is 18.0 Å². The fourth-order valence-corrected chi connectivity index (χ4v) is 2.39. The quantitative estimate of drug-likeness (QED) is 0.770. The Morgan fingerprint density at radius 3 is 2.80 bits per heavy atom. The summed E-state index contributed by atoms with van der Waals surface area (Å²) >= 11 is 0. The van der Waals surface area contributed by atoms with Gasteiger partial charge >= 0.3 is 0 Å². The number of hydrogen-bond acceptors (Lipinski definition) is 4. The van der Waals surface area contributed by atoms with Crippen LogP contribution in [0.25, 0.3) is 11.3 Å². The maximum absolute atomic E-state index is 13.7. The van der Waals surface area contributed by atoms with Crippen LogP contribution in [0.5, 0.6) is 0 Å². The van der Waals surface area contributed by atoms with Crippen LogP contribution in [0.15, 0.2) is 34.9 Å². The zero-order valence-corrected chi connectivity index (χ0v) is 13.7. The first kappa shape index (κ1) is 16.8. The van der Waals surface area contributed by atoms with Gasteiger partial charge in [0, 0.05) is 32.0 Å². The molecule has 0 saturated carbocycles. The molecule has 8 heteroatoms. The molecule has 3 rings (SSSR count). The molecule has 0 atom stereocenters. The minimum atomic E-state index is -0.730. The number of benzene rings is 1. The second kappa shape index (κ2) is 6.84. The fourth-order valence-electron chi connectivity index (χ4n) is 2.39. The molecule has 6 nitrogen and oxygen atoms in total. The van der Waals surface area contributed by atoms with Crippen molar-refractivity contribution in [3.8, 4) is 11.3 Å². The third-order valence-electron chi connectivity index (χ3n) is 3.59. The Morgan fingerprint density at radius 1 is 1.32 bits per heavy atom. The molecule has 0 radical (unpaired) electrons. The third kappa shape index (κ3) is 3.90. The summed E-state index contributed by atoms with van der Waals surface area (Å²) in [6, 6.07) is 4.97. The van der Waals surface area contributed by atoms with Crippen molar-refractivity contribution in [2.75, 3.05) is 5.32 Å². The smallest absolute Gasteiger partial charge is 0.226 e. The summed E-state index contributed by atoms with van der Waals surface area (Å²) in [6.07, 6.45) is 1.76. The van der Waals surface area contributed by atoms with Gasteiger partial charge in [0.15, 0.2) is 11.7 Å². The van der Waals surface area contributed by atoms with Gasteiger partial charge in [-0.1, -0.05) is 0 Å². The predicted octanol–water partition coefficient (Wildman–Crippen LogP) is 3.23. The van der Waals surface area contributed by atoms with Gasteiger partial charge in [-0.05, 0) is 19.1 Å². The highest BCUT2D eigenvalue weighted by Gasteiger charge is 2.13. The lowest BCUT2D eigenvalue weighted by atomic mass is 10.2. The Morgan fingerprint density at radius 2 is 2.12 bits per heavy atom. The van der Waals surface area contributed by atoms with Crippen molar-refractivity contribution in [3.63, 3.8) is 0 Å². The summed E-state index contributed by atoms with van der Waals surface area (Å²) in [6.45, 7) is 1.83. The van der Waals surface area contributed by atoms with E-state index in [1.165, 1.54) is 12.3 Å². The molecule has 25 heavy (non-hydrogen) atoms. The van der Waals surface area contributed by atoms with Gasteiger partial charge in [-0.2, -0.15) is 5.10 Å². The van der Waals surface area contributed by atoms with E-state index in [1.54, 1.807) is 17.8 Å². The minimum absolute atomic E-state index is 0.120. The Labute approximate surface area is 142 Å². The van der Waals surface area contributed by atoms with E-state index in [0.29, 0.717) is 11.7 Å². The number of carbonyl (C=O) groups is 1. The number of oxazole rings is 1. The highest BCUT2D eigenvalue weighted by Crippen LogP contribution is 2.24. The van der Waals surface area contributed by atoms with Crippen molar-refractivity contribution in [2.24, 2.45) is 7.05 Å². The third-order valence-corrected chi connectivity index (χ3v) is 3.59. The molecule has 0 fully saturated rings. The molecule has 0 bridgehead atoms. The highest BCUT2D eigenvalue weighted by molar-refractivity contribution is 5.89. The number of aryl methyl sites for hydroxylation is 3. The molecule has 0 unspecified atom stereocenters. The van der Waals surface area contributed by atoms with Crippen LogP contribution in [-0.2, 0) is 18.3 Å². The summed E-state index contributed by atoms with van der Waals surface area (Å²) in [7, 11) is 1.74. The Kier molecular flexibility index (Phi) is 4.60. The van der Waals surface area contributed by atoms with Crippen molar-refractivity contribution >= 4 is 11.7 Å². The number of carbonyl (C=O) groups excluding carboxylic acids is 1. The van der Waals surface area contributed by atoms with E-state index >= 15 is 0 Å². The van der Waals surface area contributed by atoms with Crippen molar-refractivity contribution in [1.82, 2.24) is 14.8 Å². The van der Waals surface area contributed by atoms with Crippen LogP contribution in [0.4, 0.5) is 14.6 Å². The van der Waals surface area contributed by atoms with E-state index in [-0.39, 0.29) is 30.1 Å². The van der Waals surface area contributed by atoms with Gasteiger partial charge in [-0.3, -0.25) is 9.48 Å². The molecule has 1 N–H and O–H groups in total. The lowest BCUT2D eigenvalue weighted by Crippen LogP contribution is -2.14. The lowest BCUT2D eigenvalue weighted by Gasteiger charge is -2.03. The lowest BCUT2D eigenvalue weighted by molar-refractivity contribution is -0.116. The van der Waals surface area contributed by atoms with Gasteiger partial charge in [0.2, 0.25) is 5.91 Å². The molecule has 130 valence electrons. The number of amides is 1. The predicted molar refractivity (Wildman–Crippen MR) is 86.8 cm³/mol. The van der Waals surface area contributed by atoms with Crippen LogP contribution in [0, 0.1) is 18.6 Å². The van der Waals surface area contributed by atoms with Crippen molar-refractivity contribution in [3.05, 3.63) is 53.7 Å². The number of rotatable bonds is 5. The van der Waals surface area contributed by atoms with Gasteiger partial charge in [0.1, 0.15) is 17.5 Å². The number of nitrogens with zero attached hydrogens (tertiary/aromatic N) is 3. The first-order valence-electron chi connectivity index (χ1n) is 7.63. The van der Waals surface area contributed by atoms with Crippen LogP contribution in [0.1, 0.15) is 18.0 Å². The number of aromatic nitrogens is 3. The van der Waals surface area contributed by atoms with Crippen LogP contribution < -0.4 is 5.32 Å². The van der Waals surface area contributed by atoms with E-state index in [1.807, 2.05) is 6.92 Å². The average Bonchev–Trinajstić information content (AvgIpc) is 3.12. The van der Waals surface area contributed by atoms with Crippen molar-refractivity contribution in [2.45, 2.75) is 19.8 Å². The number of anilines is 1. The van der Waals surface area contributed by atoms with E-state index in [4.69, 9.17) is 4.42 Å². The average molecular weight is 346 g/mol. The highest BCUT2D eigenvalue weighted by atomic mass is 19.1. The topological polar surface area (TPSA) is 73.0 Å². The Bertz CT molecular complexity index is 917. The molecule has 0 aliphatic rings. The Hall–Kier alpha value is -3.03. The van der Waals surface area contributed by atoms with E-state index in [2.05, 4.69) is 15.4 Å². The first-order valence-corrected chi connectivity index (χ1v) is 7.63. The van der Waals surface area contributed by atoms with Crippen LogP contribution in [0.2, 0.25) is 0 Å². The Balaban J connectivity index is 1.62. The van der Waals surface area contributed by atoms with Gasteiger partial charge in [0.05, 0.1) is 17.5 Å². The van der Waals surface area contributed by atoms with Crippen LogP contribution >= 0.6 is 0 Å². The van der Waals surface area contributed by atoms with Crippen molar-refractivity contribution in [1.29, 1.82) is 0 Å². The molecule has 0 aliphatic heterocycles. The molecule has 2 heterocycles. The standard InChI is InChI=1S/C17H16F2N4O2/c1-10-7-15(23(2)22-10)21-16(24)5-6-17-20-9-14(25-17)12-4-3-11(18)8-13(12)19/h3-4,7-9H,5-6H2,1-2H3,(H,21,24). The molecule has 1 amide bonds. The van der Waals surface area contributed by atoms with Crippen LogP contribution in [-0.4, -0.2) is 20.7 Å². The first-order chi connectivity index (χ1) is 11.9. The van der Waals surface area contributed by atoms with Gasteiger partial charge in [0.25, 0.3) is 0 Å². The van der Waals surface area contributed by atoms with E-state index in [9.17, 15) is 13.6 Å². The second-order valence-corrected chi connectivity index (χ2v) is 5.59. The maximum atomic E-state index is 13.7. The second-order valence-electron chi connectivity index (χ2n) is 5.59. The molecule has 0 saturated heterocycles. The molecule has 3 aromatic rings. The van der Waals surface area contributed by atoms with E-state index < -0.39 is 11.6 Å². The summed E-state index contributed by atoms with van der Waals surface area (Å²) in [5.41, 5.74) is 0.923. The summed E-state index contributed by atoms with van der Waals surface area (Å²) in [5.74, 6) is -0.514. The molecular formula is C17H16F2N4O2. The normalized spacial score (nSPS) is 10.9. The van der Waals surface area contributed by atoms with Gasteiger partial charge in [-0.25, -0.2) is 13.8 Å². The molecule has 2 aromatic heterocycles. The molecule has 0 aliphatic carbocycles. The fraction of sp³-hybridized carbons (Fsp3) is 0.235. The summed E-state index contributed by atoms with van der Waals surface area (Å²) in [4.78, 5) is 16.0. The molecular weight excluding hydrogens is 330 g/mol. The molecule has 1 aromatic carbocycles. The van der Waals surface area contributed by atoms with Gasteiger partial charge in [-0.15, -0.1) is 0 Å².